The SMILES string of the molecule is COc1ccc2c(c1)nc(NC(C=NC(C)C)=CN)c1nccn12. The van der Waals surface area contributed by atoms with Gasteiger partial charge in [-0.2, -0.15) is 0 Å². The van der Waals surface area contributed by atoms with Gasteiger partial charge in [0.2, 0.25) is 0 Å². The molecule has 0 atom stereocenters. The summed E-state index contributed by atoms with van der Waals surface area (Å²) in [7, 11) is 1.63. The number of ether oxygens (including phenoxy) is 1. The second kappa shape index (κ2) is 6.57. The van der Waals surface area contributed by atoms with E-state index in [1.165, 1.54) is 6.20 Å². The fourth-order valence-corrected chi connectivity index (χ4v) is 2.33. The molecule has 3 aromatic rings. The van der Waals surface area contributed by atoms with E-state index in [4.69, 9.17) is 10.5 Å². The highest BCUT2D eigenvalue weighted by atomic mass is 16.5. The minimum absolute atomic E-state index is 0.182. The molecule has 0 unspecified atom stereocenters. The molecule has 0 spiro atoms. The molecular formula is C17H20N6O. The van der Waals surface area contributed by atoms with Gasteiger partial charge in [-0.3, -0.25) is 9.39 Å². The van der Waals surface area contributed by atoms with Crippen LogP contribution < -0.4 is 15.8 Å². The van der Waals surface area contributed by atoms with Gasteiger partial charge in [-0.15, -0.1) is 0 Å². The van der Waals surface area contributed by atoms with Crippen molar-refractivity contribution in [1.29, 1.82) is 0 Å². The van der Waals surface area contributed by atoms with Crippen LogP contribution in [0.2, 0.25) is 0 Å². The highest BCUT2D eigenvalue weighted by molar-refractivity contribution is 5.88. The number of rotatable bonds is 5. The number of allylic oxidation sites excluding steroid dienone is 1. The summed E-state index contributed by atoms with van der Waals surface area (Å²) in [4.78, 5) is 13.4. The lowest BCUT2D eigenvalue weighted by atomic mass is 10.2. The number of nitrogens with one attached hydrogen (secondary N) is 1. The molecule has 0 bridgehead atoms. The molecule has 0 aliphatic heterocycles. The number of fused-ring (bicyclic) bond motifs is 3. The Balaban J connectivity index is 2.10. The summed E-state index contributed by atoms with van der Waals surface area (Å²) in [5.74, 6) is 1.35. The summed E-state index contributed by atoms with van der Waals surface area (Å²) < 4.78 is 7.26. The summed E-state index contributed by atoms with van der Waals surface area (Å²) in [6.45, 7) is 4.00. The maximum atomic E-state index is 5.69. The summed E-state index contributed by atoms with van der Waals surface area (Å²) >= 11 is 0. The van der Waals surface area contributed by atoms with Crippen LogP contribution in [0.4, 0.5) is 5.82 Å². The average molecular weight is 324 g/mol. The van der Waals surface area contributed by atoms with Crippen LogP contribution >= 0.6 is 0 Å². The quantitative estimate of drug-likeness (QED) is 0.704. The molecule has 3 N–H and O–H groups in total. The van der Waals surface area contributed by atoms with Crippen LogP contribution in [0.1, 0.15) is 13.8 Å². The Labute approximate surface area is 139 Å². The molecule has 2 heterocycles. The number of hydrogen-bond acceptors (Lipinski definition) is 6. The number of aliphatic imine (C=N–C) groups is 1. The smallest absolute Gasteiger partial charge is 0.180 e. The number of benzene rings is 1. The minimum Gasteiger partial charge on any atom is -0.497 e. The fourth-order valence-electron chi connectivity index (χ4n) is 2.33. The van der Waals surface area contributed by atoms with Crippen molar-refractivity contribution in [1.82, 2.24) is 14.4 Å². The topological polar surface area (TPSA) is 89.8 Å². The van der Waals surface area contributed by atoms with Gasteiger partial charge in [-0.05, 0) is 26.0 Å². The molecule has 0 saturated heterocycles. The monoisotopic (exact) mass is 324 g/mol. The van der Waals surface area contributed by atoms with Gasteiger partial charge in [0.15, 0.2) is 11.5 Å². The molecule has 0 aliphatic carbocycles. The van der Waals surface area contributed by atoms with E-state index in [1.807, 2.05) is 42.6 Å². The molecule has 24 heavy (non-hydrogen) atoms. The molecule has 0 aliphatic rings. The van der Waals surface area contributed by atoms with Gasteiger partial charge < -0.3 is 15.8 Å². The van der Waals surface area contributed by atoms with Gasteiger partial charge in [0, 0.05) is 36.9 Å². The van der Waals surface area contributed by atoms with Crippen molar-refractivity contribution >= 4 is 28.7 Å². The second-order valence-corrected chi connectivity index (χ2v) is 5.55. The summed E-state index contributed by atoms with van der Waals surface area (Å²) in [5, 5.41) is 3.19. The summed E-state index contributed by atoms with van der Waals surface area (Å²) in [5.41, 5.74) is 8.80. The maximum Gasteiger partial charge on any atom is 0.180 e. The van der Waals surface area contributed by atoms with Crippen LogP contribution in [-0.2, 0) is 0 Å². The predicted octanol–water partition coefficient (Wildman–Crippen LogP) is 2.58. The van der Waals surface area contributed by atoms with Crippen LogP contribution in [0.25, 0.3) is 16.7 Å². The number of aromatic nitrogens is 3. The van der Waals surface area contributed by atoms with E-state index in [2.05, 4.69) is 20.3 Å². The first-order valence-corrected chi connectivity index (χ1v) is 7.65. The molecule has 7 nitrogen and oxygen atoms in total. The Morgan fingerprint density at radius 2 is 2.25 bits per heavy atom. The number of nitrogens with zero attached hydrogens (tertiary/aromatic N) is 4. The van der Waals surface area contributed by atoms with Crippen LogP contribution in [0.3, 0.4) is 0 Å². The maximum absolute atomic E-state index is 5.69. The Morgan fingerprint density at radius 1 is 1.42 bits per heavy atom. The van der Waals surface area contributed by atoms with E-state index < -0.39 is 0 Å². The van der Waals surface area contributed by atoms with Crippen molar-refractivity contribution in [3.05, 3.63) is 42.5 Å². The van der Waals surface area contributed by atoms with Gasteiger partial charge in [0.25, 0.3) is 0 Å². The molecular weight excluding hydrogens is 304 g/mol. The summed E-state index contributed by atoms with van der Waals surface area (Å²) in [6.07, 6.45) is 6.79. The highest BCUT2D eigenvalue weighted by Crippen LogP contribution is 2.24. The zero-order chi connectivity index (χ0) is 17.1. The van der Waals surface area contributed by atoms with Crippen molar-refractivity contribution < 1.29 is 4.74 Å². The molecule has 0 amide bonds. The molecule has 0 saturated carbocycles. The van der Waals surface area contributed by atoms with E-state index in [-0.39, 0.29) is 6.04 Å². The molecule has 0 fully saturated rings. The highest BCUT2D eigenvalue weighted by Gasteiger charge is 2.11. The molecule has 124 valence electrons. The Hall–Kier alpha value is -3.09. The van der Waals surface area contributed by atoms with Crippen LogP contribution in [-0.4, -0.2) is 33.7 Å². The summed E-state index contributed by atoms with van der Waals surface area (Å²) in [6, 6.07) is 5.92. The van der Waals surface area contributed by atoms with Crippen molar-refractivity contribution in [3.8, 4) is 5.75 Å². The van der Waals surface area contributed by atoms with Crippen molar-refractivity contribution in [2.45, 2.75) is 19.9 Å². The van der Waals surface area contributed by atoms with Gasteiger partial charge in [-0.1, -0.05) is 0 Å². The van der Waals surface area contributed by atoms with Gasteiger partial charge in [-0.25, -0.2) is 9.97 Å². The van der Waals surface area contributed by atoms with Crippen LogP contribution in [0.15, 0.2) is 47.5 Å². The third-order valence-corrected chi connectivity index (χ3v) is 3.48. The second-order valence-electron chi connectivity index (χ2n) is 5.55. The molecule has 3 rings (SSSR count). The van der Waals surface area contributed by atoms with Gasteiger partial charge in [0.1, 0.15) is 5.75 Å². The number of hydrogen-bond donors (Lipinski definition) is 2. The predicted molar refractivity (Wildman–Crippen MR) is 96.6 cm³/mol. The first-order valence-electron chi connectivity index (χ1n) is 7.65. The first kappa shape index (κ1) is 15.8. The number of anilines is 1. The van der Waals surface area contributed by atoms with Gasteiger partial charge in [0.05, 0.1) is 23.8 Å². The first-order chi connectivity index (χ1) is 11.6. The number of imidazole rings is 1. The minimum atomic E-state index is 0.182. The fraction of sp³-hybridized carbons (Fsp3) is 0.235. The van der Waals surface area contributed by atoms with Crippen molar-refractivity contribution in [3.63, 3.8) is 0 Å². The molecule has 0 radical (unpaired) electrons. The van der Waals surface area contributed by atoms with Crippen LogP contribution in [0, 0.1) is 0 Å². The number of nitrogens with two attached hydrogens (primary N) is 1. The van der Waals surface area contributed by atoms with E-state index in [0.29, 0.717) is 17.2 Å². The lowest BCUT2D eigenvalue weighted by Crippen LogP contribution is -2.08. The van der Waals surface area contributed by atoms with E-state index in [0.717, 1.165) is 16.8 Å². The Bertz CT molecular complexity index is 925. The standard InChI is InChI=1S/C17H20N6O/c1-11(2)20-10-12(9-18)21-16-17-19-6-7-23(17)15-5-4-13(24-3)8-14(15)22-16/h4-11H,18H2,1-3H3,(H,21,22). The van der Waals surface area contributed by atoms with Crippen molar-refractivity contribution in [2.24, 2.45) is 10.7 Å². The normalized spacial score (nSPS) is 12.6. The average Bonchev–Trinajstić information content (AvgIpc) is 3.07. The zero-order valence-corrected chi connectivity index (χ0v) is 13.9. The molecule has 7 heteroatoms. The van der Waals surface area contributed by atoms with E-state index >= 15 is 0 Å². The lowest BCUT2D eigenvalue weighted by molar-refractivity contribution is 0.415. The lowest BCUT2D eigenvalue weighted by Gasteiger charge is -2.11. The third-order valence-electron chi connectivity index (χ3n) is 3.48. The van der Waals surface area contributed by atoms with Crippen molar-refractivity contribution in [2.75, 3.05) is 12.4 Å². The van der Waals surface area contributed by atoms with Crippen LogP contribution in [0.5, 0.6) is 5.75 Å². The van der Waals surface area contributed by atoms with E-state index in [1.54, 1.807) is 19.5 Å². The van der Waals surface area contributed by atoms with Gasteiger partial charge >= 0.3 is 0 Å². The third kappa shape index (κ3) is 3.01. The largest absolute Gasteiger partial charge is 0.497 e. The zero-order valence-electron chi connectivity index (χ0n) is 13.9. The Kier molecular flexibility index (Phi) is 4.33. The molecule has 2 aromatic heterocycles. The Morgan fingerprint density at radius 3 is 2.96 bits per heavy atom. The molecule has 1 aromatic carbocycles. The number of methoxy groups -OCH3 is 1. The van der Waals surface area contributed by atoms with E-state index in [9.17, 15) is 0 Å².